The van der Waals surface area contributed by atoms with Crippen LogP contribution in [0, 0.1) is 11.3 Å². The monoisotopic (exact) mass is 199 g/mol. The molecule has 0 saturated heterocycles. The Labute approximate surface area is 86.8 Å². The molecule has 0 bridgehead atoms. The fraction of sp³-hybridized carbons (Fsp3) is 0.100. The Morgan fingerprint density at radius 2 is 2.33 bits per heavy atom. The molecule has 0 radical (unpaired) electrons. The molecule has 0 aliphatic rings. The van der Waals surface area contributed by atoms with E-state index in [0.717, 1.165) is 5.82 Å². The van der Waals surface area contributed by atoms with Gasteiger partial charge in [-0.1, -0.05) is 0 Å². The van der Waals surface area contributed by atoms with Crippen LogP contribution in [0.5, 0.6) is 0 Å². The van der Waals surface area contributed by atoms with E-state index in [0.29, 0.717) is 17.9 Å². The number of rotatable bonds is 3. The molecular formula is C10H9N5. The van der Waals surface area contributed by atoms with E-state index in [1.807, 2.05) is 0 Å². The minimum absolute atomic E-state index is 0.526. The van der Waals surface area contributed by atoms with Crippen LogP contribution in [0.25, 0.3) is 0 Å². The average molecular weight is 199 g/mol. The molecule has 0 spiro atoms. The van der Waals surface area contributed by atoms with Gasteiger partial charge in [0.15, 0.2) is 0 Å². The van der Waals surface area contributed by atoms with Crippen molar-refractivity contribution in [3.8, 4) is 6.07 Å². The number of pyridine rings is 1. The Balaban J connectivity index is 2.08. The molecule has 0 unspecified atom stereocenters. The number of anilines is 1. The lowest BCUT2D eigenvalue weighted by Gasteiger charge is -2.04. The highest BCUT2D eigenvalue weighted by Gasteiger charge is 2.01. The number of nitrogens with one attached hydrogen (secondary N) is 2. The van der Waals surface area contributed by atoms with Crippen molar-refractivity contribution in [1.82, 2.24) is 15.0 Å². The van der Waals surface area contributed by atoms with Gasteiger partial charge >= 0.3 is 0 Å². The number of H-pyrrole nitrogens is 1. The second kappa shape index (κ2) is 4.24. The summed E-state index contributed by atoms with van der Waals surface area (Å²) >= 11 is 0. The summed E-state index contributed by atoms with van der Waals surface area (Å²) in [5.41, 5.74) is 0.532. The Hall–Kier alpha value is -2.35. The van der Waals surface area contributed by atoms with Gasteiger partial charge in [-0.05, 0) is 12.1 Å². The van der Waals surface area contributed by atoms with E-state index in [9.17, 15) is 0 Å². The molecule has 0 saturated carbocycles. The van der Waals surface area contributed by atoms with Gasteiger partial charge in [0.1, 0.15) is 17.7 Å². The molecule has 5 nitrogen and oxygen atoms in total. The largest absolute Gasteiger partial charge is 0.362 e. The summed E-state index contributed by atoms with van der Waals surface area (Å²) in [6.45, 7) is 0.526. The quantitative estimate of drug-likeness (QED) is 0.780. The summed E-state index contributed by atoms with van der Waals surface area (Å²) < 4.78 is 0. The molecule has 0 atom stereocenters. The smallest absolute Gasteiger partial charge is 0.144 e. The average Bonchev–Trinajstić information content (AvgIpc) is 2.79. The molecule has 2 N–H and O–H groups in total. The lowest BCUT2D eigenvalue weighted by atomic mass is 10.3. The number of nitriles is 1. The molecule has 2 rings (SSSR count). The van der Waals surface area contributed by atoms with Crippen LogP contribution in [0.15, 0.2) is 30.7 Å². The maximum atomic E-state index is 8.82. The van der Waals surface area contributed by atoms with E-state index in [4.69, 9.17) is 5.26 Å². The zero-order valence-electron chi connectivity index (χ0n) is 7.94. The molecule has 0 amide bonds. The van der Waals surface area contributed by atoms with Gasteiger partial charge in [0.05, 0.1) is 12.1 Å². The van der Waals surface area contributed by atoms with Crippen LogP contribution in [0.3, 0.4) is 0 Å². The third-order valence-electron chi connectivity index (χ3n) is 1.91. The SMILES string of the molecule is N#Cc1cccnc1NCc1ncc[nH]1. The predicted molar refractivity (Wildman–Crippen MR) is 54.9 cm³/mol. The number of imidazole rings is 1. The number of hydrogen-bond acceptors (Lipinski definition) is 4. The first-order valence-corrected chi connectivity index (χ1v) is 4.47. The van der Waals surface area contributed by atoms with Gasteiger partial charge in [-0.25, -0.2) is 9.97 Å². The van der Waals surface area contributed by atoms with Crippen molar-refractivity contribution in [3.63, 3.8) is 0 Å². The van der Waals surface area contributed by atoms with Crippen LogP contribution in [0.2, 0.25) is 0 Å². The van der Waals surface area contributed by atoms with E-state index in [2.05, 4.69) is 26.3 Å². The van der Waals surface area contributed by atoms with Crippen molar-refractivity contribution in [2.75, 3.05) is 5.32 Å². The molecular weight excluding hydrogens is 190 g/mol. The van der Waals surface area contributed by atoms with Crippen molar-refractivity contribution in [2.45, 2.75) is 6.54 Å². The first-order chi connectivity index (χ1) is 7.40. The molecule has 0 fully saturated rings. The molecule has 0 aromatic carbocycles. The Bertz CT molecular complexity index is 469. The van der Waals surface area contributed by atoms with Crippen LogP contribution >= 0.6 is 0 Å². The molecule has 2 heterocycles. The Kier molecular flexibility index (Phi) is 2.61. The highest BCUT2D eigenvalue weighted by Crippen LogP contribution is 2.09. The summed E-state index contributed by atoms with van der Waals surface area (Å²) in [7, 11) is 0. The molecule has 2 aromatic rings. The lowest BCUT2D eigenvalue weighted by Crippen LogP contribution is -2.04. The molecule has 74 valence electrons. The normalized spacial score (nSPS) is 9.53. The summed E-state index contributed by atoms with van der Waals surface area (Å²) in [5, 5.41) is 11.9. The lowest BCUT2D eigenvalue weighted by molar-refractivity contribution is 0.986. The van der Waals surface area contributed by atoms with Gasteiger partial charge in [-0.2, -0.15) is 5.26 Å². The number of nitrogens with zero attached hydrogens (tertiary/aromatic N) is 3. The van der Waals surface area contributed by atoms with Gasteiger partial charge in [-0.15, -0.1) is 0 Å². The number of aromatic amines is 1. The van der Waals surface area contributed by atoms with Gasteiger partial charge in [0.25, 0.3) is 0 Å². The van der Waals surface area contributed by atoms with Crippen LogP contribution in [-0.2, 0) is 6.54 Å². The standard InChI is InChI=1S/C10H9N5/c11-6-8-2-1-3-14-10(8)15-7-9-12-4-5-13-9/h1-5H,7H2,(H,12,13)(H,14,15). The van der Waals surface area contributed by atoms with Crippen molar-refractivity contribution in [1.29, 1.82) is 5.26 Å². The minimum atomic E-state index is 0.526. The fourth-order valence-corrected chi connectivity index (χ4v) is 1.20. The van der Waals surface area contributed by atoms with E-state index < -0.39 is 0 Å². The predicted octanol–water partition coefficient (Wildman–Crippen LogP) is 1.29. The Morgan fingerprint density at radius 3 is 3.07 bits per heavy atom. The zero-order valence-corrected chi connectivity index (χ0v) is 7.94. The first kappa shape index (κ1) is 9.21. The van der Waals surface area contributed by atoms with Crippen molar-refractivity contribution < 1.29 is 0 Å². The van der Waals surface area contributed by atoms with Gasteiger partial charge in [0, 0.05) is 18.6 Å². The van der Waals surface area contributed by atoms with Crippen LogP contribution in [0.4, 0.5) is 5.82 Å². The van der Waals surface area contributed by atoms with Crippen LogP contribution in [-0.4, -0.2) is 15.0 Å². The number of aromatic nitrogens is 3. The molecule has 5 heteroatoms. The minimum Gasteiger partial charge on any atom is -0.362 e. The molecule has 0 aliphatic heterocycles. The highest BCUT2D eigenvalue weighted by molar-refractivity contribution is 5.51. The van der Waals surface area contributed by atoms with Crippen LogP contribution < -0.4 is 5.32 Å². The summed E-state index contributed by atoms with van der Waals surface area (Å²) in [6, 6.07) is 5.52. The van der Waals surface area contributed by atoms with Crippen molar-refractivity contribution in [2.24, 2.45) is 0 Å². The van der Waals surface area contributed by atoms with E-state index in [1.165, 1.54) is 0 Å². The van der Waals surface area contributed by atoms with Gasteiger partial charge in [-0.3, -0.25) is 0 Å². The van der Waals surface area contributed by atoms with Crippen molar-refractivity contribution in [3.05, 3.63) is 42.1 Å². The molecule has 0 aliphatic carbocycles. The topological polar surface area (TPSA) is 77.4 Å². The summed E-state index contributed by atoms with van der Waals surface area (Å²) in [4.78, 5) is 11.1. The second-order valence-corrected chi connectivity index (χ2v) is 2.90. The summed E-state index contributed by atoms with van der Waals surface area (Å²) in [6.07, 6.45) is 5.08. The van der Waals surface area contributed by atoms with Crippen molar-refractivity contribution >= 4 is 5.82 Å². The van der Waals surface area contributed by atoms with Crippen LogP contribution in [0.1, 0.15) is 11.4 Å². The second-order valence-electron chi connectivity index (χ2n) is 2.90. The van der Waals surface area contributed by atoms with Gasteiger partial charge in [0.2, 0.25) is 0 Å². The number of hydrogen-bond donors (Lipinski definition) is 2. The third-order valence-corrected chi connectivity index (χ3v) is 1.91. The van der Waals surface area contributed by atoms with E-state index in [1.54, 1.807) is 30.7 Å². The van der Waals surface area contributed by atoms with E-state index >= 15 is 0 Å². The molecule has 15 heavy (non-hydrogen) atoms. The Morgan fingerprint density at radius 1 is 1.40 bits per heavy atom. The maximum absolute atomic E-state index is 8.82. The first-order valence-electron chi connectivity index (χ1n) is 4.47. The fourth-order valence-electron chi connectivity index (χ4n) is 1.20. The highest BCUT2D eigenvalue weighted by atomic mass is 15.0. The third kappa shape index (κ3) is 2.11. The van der Waals surface area contributed by atoms with E-state index in [-0.39, 0.29) is 0 Å². The maximum Gasteiger partial charge on any atom is 0.144 e. The zero-order chi connectivity index (χ0) is 10.5. The van der Waals surface area contributed by atoms with Gasteiger partial charge < -0.3 is 10.3 Å². The summed E-state index contributed by atoms with van der Waals surface area (Å²) in [5.74, 6) is 1.39. The molecule has 2 aromatic heterocycles.